The van der Waals surface area contributed by atoms with Gasteiger partial charge in [0.25, 0.3) is 11.6 Å². The first-order valence-corrected chi connectivity index (χ1v) is 9.61. The van der Waals surface area contributed by atoms with Crippen LogP contribution in [-0.2, 0) is 0 Å². The van der Waals surface area contributed by atoms with Gasteiger partial charge in [0, 0.05) is 22.0 Å². The molecular formula is C20H19BrN2O5. The molecule has 8 heteroatoms. The van der Waals surface area contributed by atoms with Gasteiger partial charge in [0.2, 0.25) is 0 Å². The van der Waals surface area contributed by atoms with Crippen molar-refractivity contribution in [2.24, 2.45) is 0 Å². The Morgan fingerprint density at radius 2 is 2.07 bits per heavy atom. The van der Waals surface area contributed by atoms with Gasteiger partial charge in [-0.05, 0) is 53.5 Å². The molecule has 3 aromatic rings. The van der Waals surface area contributed by atoms with Gasteiger partial charge < -0.3 is 14.5 Å². The smallest absolute Gasteiger partial charge is 0.270 e. The average molecular weight is 447 g/mol. The molecule has 1 N–H and O–H groups in total. The summed E-state index contributed by atoms with van der Waals surface area (Å²) < 4.78 is 11.8. The summed E-state index contributed by atoms with van der Waals surface area (Å²) >= 11 is 3.26. The first kappa shape index (κ1) is 19.9. The van der Waals surface area contributed by atoms with Crippen LogP contribution < -0.4 is 10.1 Å². The highest BCUT2D eigenvalue weighted by atomic mass is 79.9. The molecule has 0 aliphatic heterocycles. The summed E-state index contributed by atoms with van der Waals surface area (Å²) in [6, 6.07) is 9.55. The Morgan fingerprint density at radius 3 is 2.75 bits per heavy atom. The van der Waals surface area contributed by atoms with E-state index >= 15 is 0 Å². The molecule has 0 unspecified atom stereocenters. The van der Waals surface area contributed by atoms with Crippen molar-refractivity contribution in [3.8, 4) is 5.75 Å². The van der Waals surface area contributed by atoms with E-state index in [0.29, 0.717) is 44.8 Å². The lowest BCUT2D eigenvalue weighted by atomic mass is 10.1. The molecule has 0 fully saturated rings. The lowest BCUT2D eigenvalue weighted by molar-refractivity contribution is -0.384. The second kappa shape index (κ2) is 8.43. The number of rotatable bonds is 7. The summed E-state index contributed by atoms with van der Waals surface area (Å²) in [6.45, 7) is 4.41. The highest BCUT2D eigenvalue weighted by Gasteiger charge is 2.20. The summed E-state index contributed by atoms with van der Waals surface area (Å²) in [6.07, 6.45) is 1.98. The third-order valence-corrected chi connectivity index (χ3v) is 4.90. The monoisotopic (exact) mass is 446 g/mol. The number of hydrogen-bond donors (Lipinski definition) is 1. The fourth-order valence-corrected chi connectivity index (χ4v) is 3.28. The normalized spacial score (nSPS) is 10.8. The number of nitrogens with zero attached hydrogens (tertiary/aromatic N) is 1. The van der Waals surface area contributed by atoms with Crippen LogP contribution in [0.1, 0.15) is 35.9 Å². The molecule has 0 bridgehead atoms. The minimum Gasteiger partial charge on any atom is -0.494 e. The molecule has 0 radical (unpaired) electrons. The van der Waals surface area contributed by atoms with E-state index in [4.69, 9.17) is 9.15 Å². The number of furan rings is 1. The van der Waals surface area contributed by atoms with Gasteiger partial charge in [-0.2, -0.15) is 0 Å². The van der Waals surface area contributed by atoms with Crippen molar-refractivity contribution in [3.63, 3.8) is 0 Å². The molecule has 28 heavy (non-hydrogen) atoms. The number of carbonyl (C=O) groups is 1. The molecule has 0 saturated carbocycles. The van der Waals surface area contributed by atoms with Crippen molar-refractivity contribution in [1.29, 1.82) is 0 Å². The highest BCUT2D eigenvalue weighted by Crippen LogP contribution is 2.32. The van der Waals surface area contributed by atoms with Gasteiger partial charge in [0.05, 0.1) is 22.8 Å². The largest absolute Gasteiger partial charge is 0.494 e. The third kappa shape index (κ3) is 4.17. The number of benzene rings is 2. The number of amides is 1. The van der Waals surface area contributed by atoms with Crippen LogP contribution in [0.15, 0.2) is 45.3 Å². The van der Waals surface area contributed by atoms with Crippen molar-refractivity contribution in [2.75, 3.05) is 11.9 Å². The fraction of sp³-hybridized carbons (Fsp3) is 0.250. The zero-order valence-corrected chi connectivity index (χ0v) is 17.0. The van der Waals surface area contributed by atoms with Gasteiger partial charge in [-0.15, -0.1) is 0 Å². The maximum Gasteiger partial charge on any atom is 0.270 e. The summed E-state index contributed by atoms with van der Waals surface area (Å²) in [5.41, 5.74) is 1.36. The molecule has 0 spiro atoms. The zero-order chi connectivity index (χ0) is 20.3. The average Bonchev–Trinajstić information content (AvgIpc) is 2.98. The summed E-state index contributed by atoms with van der Waals surface area (Å²) in [5.74, 6) is 0.792. The number of ether oxygens (including phenoxy) is 1. The van der Waals surface area contributed by atoms with Crippen LogP contribution in [0.25, 0.3) is 11.0 Å². The van der Waals surface area contributed by atoms with Crippen LogP contribution in [-0.4, -0.2) is 17.4 Å². The van der Waals surface area contributed by atoms with Crippen molar-refractivity contribution >= 4 is 44.2 Å². The SMILES string of the molecule is CCCCOc1ccc2oc(C)c(C(=O)Nc3ccc([N+](=O)[O-])cc3Br)c2c1. The molecule has 0 aliphatic rings. The van der Waals surface area contributed by atoms with Crippen molar-refractivity contribution in [2.45, 2.75) is 26.7 Å². The summed E-state index contributed by atoms with van der Waals surface area (Å²) in [4.78, 5) is 23.3. The van der Waals surface area contributed by atoms with Gasteiger partial charge >= 0.3 is 0 Å². The standard InChI is InChI=1S/C20H19BrN2O5/c1-3-4-9-27-14-6-8-18-15(11-14)19(12(2)28-18)20(24)22-17-7-5-13(23(25)26)10-16(17)21/h5-8,10-11H,3-4,9H2,1-2H3,(H,22,24). The highest BCUT2D eigenvalue weighted by molar-refractivity contribution is 9.10. The van der Waals surface area contributed by atoms with Gasteiger partial charge in [-0.25, -0.2) is 0 Å². The fourth-order valence-electron chi connectivity index (χ4n) is 2.81. The second-order valence-electron chi connectivity index (χ2n) is 6.27. The number of fused-ring (bicyclic) bond motifs is 1. The Labute approximate surface area is 169 Å². The number of nitrogens with one attached hydrogen (secondary N) is 1. The molecule has 0 saturated heterocycles. The Balaban J connectivity index is 1.89. The van der Waals surface area contributed by atoms with E-state index in [1.807, 2.05) is 6.07 Å². The molecule has 1 heterocycles. The van der Waals surface area contributed by atoms with Gasteiger partial charge in [0.15, 0.2) is 0 Å². The zero-order valence-electron chi connectivity index (χ0n) is 15.5. The van der Waals surface area contributed by atoms with Crippen LogP contribution in [0.3, 0.4) is 0 Å². The topological polar surface area (TPSA) is 94.6 Å². The van der Waals surface area contributed by atoms with E-state index < -0.39 is 4.92 Å². The molecule has 3 rings (SSSR count). The minimum absolute atomic E-state index is 0.0660. The number of anilines is 1. The van der Waals surface area contributed by atoms with Gasteiger partial charge in [0.1, 0.15) is 17.1 Å². The van der Waals surface area contributed by atoms with Crippen LogP contribution in [0.2, 0.25) is 0 Å². The molecule has 7 nitrogen and oxygen atoms in total. The lowest BCUT2D eigenvalue weighted by Crippen LogP contribution is -2.13. The number of carbonyl (C=O) groups excluding carboxylic acids is 1. The van der Waals surface area contributed by atoms with Crippen molar-refractivity contribution in [1.82, 2.24) is 0 Å². The van der Waals surface area contributed by atoms with E-state index in [-0.39, 0.29) is 11.6 Å². The molecule has 2 aromatic carbocycles. The number of unbranched alkanes of at least 4 members (excludes halogenated alkanes) is 1. The number of hydrogen-bond acceptors (Lipinski definition) is 5. The third-order valence-electron chi connectivity index (χ3n) is 4.24. The lowest BCUT2D eigenvalue weighted by Gasteiger charge is -2.08. The van der Waals surface area contributed by atoms with Gasteiger partial charge in [-0.1, -0.05) is 13.3 Å². The molecular weight excluding hydrogens is 428 g/mol. The van der Waals surface area contributed by atoms with E-state index in [9.17, 15) is 14.9 Å². The molecule has 0 atom stereocenters. The molecule has 1 aromatic heterocycles. The Kier molecular flexibility index (Phi) is 5.99. The number of aryl methyl sites for hydroxylation is 1. The molecule has 0 aliphatic carbocycles. The number of non-ortho nitro benzene ring substituents is 1. The molecule has 1 amide bonds. The maximum atomic E-state index is 12.9. The van der Waals surface area contributed by atoms with Crippen molar-refractivity contribution < 1.29 is 18.9 Å². The number of nitro groups is 1. The maximum absolute atomic E-state index is 12.9. The Morgan fingerprint density at radius 1 is 1.29 bits per heavy atom. The number of halogens is 1. The second-order valence-corrected chi connectivity index (χ2v) is 7.12. The first-order chi connectivity index (χ1) is 13.4. The van der Waals surface area contributed by atoms with Crippen LogP contribution in [0, 0.1) is 17.0 Å². The van der Waals surface area contributed by atoms with Gasteiger partial charge in [-0.3, -0.25) is 14.9 Å². The van der Waals surface area contributed by atoms with E-state index in [0.717, 1.165) is 12.8 Å². The van der Waals surface area contributed by atoms with E-state index in [1.165, 1.54) is 18.2 Å². The predicted octanol–water partition coefficient (Wildman–Crippen LogP) is 5.84. The van der Waals surface area contributed by atoms with Crippen LogP contribution >= 0.6 is 15.9 Å². The van der Waals surface area contributed by atoms with Crippen LogP contribution in [0.5, 0.6) is 5.75 Å². The Hall–Kier alpha value is -2.87. The van der Waals surface area contributed by atoms with E-state index in [1.54, 1.807) is 19.1 Å². The van der Waals surface area contributed by atoms with E-state index in [2.05, 4.69) is 28.2 Å². The summed E-state index contributed by atoms with van der Waals surface area (Å²) in [7, 11) is 0. The Bertz CT molecular complexity index is 1040. The quantitative estimate of drug-likeness (QED) is 0.279. The minimum atomic E-state index is -0.496. The molecule has 146 valence electrons. The summed E-state index contributed by atoms with van der Waals surface area (Å²) in [5, 5.41) is 14.3. The van der Waals surface area contributed by atoms with Crippen LogP contribution in [0.4, 0.5) is 11.4 Å². The predicted molar refractivity (Wildman–Crippen MR) is 110 cm³/mol. The van der Waals surface area contributed by atoms with Crippen molar-refractivity contribution in [3.05, 3.63) is 62.3 Å². The number of nitro benzene ring substituents is 1. The first-order valence-electron chi connectivity index (χ1n) is 8.82.